The maximum Gasteiger partial charge on any atom is 0.407 e. The Balaban J connectivity index is 2.20. The average Bonchev–Trinajstić information content (AvgIpc) is 2.39. The molecule has 5 heteroatoms. The van der Waals surface area contributed by atoms with Gasteiger partial charge in [-0.2, -0.15) is 0 Å². The largest absolute Gasteiger partial charge is 0.494 e. The predicted molar refractivity (Wildman–Crippen MR) is 65.1 cm³/mol. The summed E-state index contributed by atoms with van der Waals surface area (Å²) < 4.78 is 18.2. The Morgan fingerprint density at radius 1 is 1.50 bits per heavy atom. The van der Waals surface area contributed by atoms with Gasteiger partial charge in [0.1, 0.15) is 0 Å². The van der Waals surface area contributed by atoms with E-state index in [9.17, 15) is 9.18 Å². The first-order valence-electron chi connectivity index (χ1n) is 5.62. The first-order valence-corrected chi connectivity index (χ1v) is 5.62. The van der Waals surface area contributed by atoms with Crippen molar-refractivity contribution < 1.29 is 19.0 Å². The van der Waals surface area contributed by atoms with E-state index in [4.69, 9.17) is 9.84 Å². The van der Waals surface area contributed by atoms with Crippen molar-refractivity contribution >= 4 is 11.7 Å². The summed E-state index contributed by atoms with van der Waals surface area (Å²) in [6, 6.07) is 4.68. The molecule has 1 amide bonds. The summed E-state index contributed by atoms with van der Waals surface area (Å²) in [5.74, 6) is -0.195. The van der Waals surface area contributed by atoms with Gasteiger partial charge in [0.2, 0.25) is 0 Å². The van der Waals surface area contributed by atoms with Crippen LogP contribution in [0.15, 0.2) is 24.3 Å². The number of carboxylic acid groups (broad SMARTS) is 1. The molecule has 0 atom stereocenters. The zero-order chi connectivity index (χ0) is 13.1. The van der Waals surface area contributed by atoms with E-state index in [0.29, 0.717) is 19.5 Å². The third-order valence-electron chi connectivity index (χ3n) is 3.00. The summed E-state index contributed by atoms with van der Waals surface area (Å²) in [5, 5.41) is 8.84. The highest BCUT2D eigenvalue weighted by Crippen LogP contribution is 2.27. The van der Waals surface area contributed by atoms with Crippen LogP contribution in [0.4, 0.5) is 9.18 Å². The van der Waals surface area contributed by atoms with E-state index in [-0.39, 0.29) is 5.75 Å². The summed E-state index contributed by atoms with van der Waals surface area (Å²) >= 11 is 0. The number of carbonyl (C=O) groups is 1. The average molecular weight is 251 g/mol. The fourth-order valence-electron chi connectivity index (χ4n) is 1.96. The van der Waals surface area contributed by atoms with E-state index in [1.54, 1.807) is 12.1 Å². The lowest BCUT2D eigenvalue weighted by Gasteiger charge is -2.24. The number of amides is 1. The fourth-order valence-corrected chi connectivity index (χ4v) is 1.96. The fraction of sp³-hybridized carbons (Fsp3) is 0.308. The predicted octanol–water partition coefficient (Wildman–Crippen LogP) is 2.60. The third-order valence-corrected chi connectivity index (χ3v) is 3.00. The van der Waals surface area contributed by atoms with Gasteiger partial charge in [0.05, 0.1) is 7.11 Å². The molecule has 4 nitrogen and oxygen atoms in total. The number of nitrogens with zero attached hydrogens (tertiary/aromatic N) is 1. The highest BCUT2D eigenvalue weighted by atomic mass is 19.1. The molecule has 0 spiro atoms. The van der Waals surface area contributed by atoms with E-state index in [1.165, 1.54) is 18.1 Å². The molecule has 1 heterocycles. The summed E-state index contributed by atoms with van der Waals surface area (Å²) in [6.45, 7) is 0.825. The summed E-state index contributed by atoms with van der Waals surface area (Å²) in [4.78, 5) is 12.1. The minimum absolute atomic E-state index is 0.203. The summed E-state index contributed by atoms with van der Waals surface area (Å²) in [7, 11) is 1.42. The van der Waals surface area contributed by atoms with Crippen molar-refractivity contribution in [3.05, 3.63) is 35.7 Å². The molecule has 0 unspecified atom stereocenters. The number of hydrogen-bond donors (Lipinski definition) is 1. The van der Waals surface area contributed by atoms with Crippen molar-refractivity contribution in [1.82, 2.24) is 4.90 Å². The quantitative estimate of drug-likeness (QED) is 0.879. The molecule has 0 radical (unpaired) electrons. The number of ether oxygens (including phenoxy) is 1. The molecule has 2 rings (SSSR count). The first kappa shape index (κ1) is 12.4. The monoisotopic (exact) mass is 251 g/mol. The Kier molecular flexibility index (Phi) is 3.50. The molecule has 1 aliphatic rings. The Morgan fingerprint density at radius 3 is 2.83 bits per heavy atom. The molecule has 96 valence electrons. The SMILES string of the molecule is COc1cc(C2=CCN(C(=O)O)CC2)ccc1F. The number of halogens is 1. The zero-order valence-electron chi connectivity index (χ0n) is 10.0. The van der Waals surface area contributed by atoms with Gasteiger partial charge >= 0.3 is 6.09 Å². The number of methoxy groups -OCH3 is 1. The van der Waals surface area contributed by atoms with Gasteiger partial charge in [-0.25, -0.2) is 9.18 Å². The van der Waals surface area contributed by atoms with Crippen molar-refractivity contribution in [3.63, 3.8) is 0 Å². The van der Waals surface area contributed by atoms with Crippen molar-refractivity contribution in [2.75, 3.05) is 20.2 Å². The van der Waals surface area contributed by atoms with Gasteiger partial charge in [-0.05, 0) is 29.7 Å². The van der Waals surface area contributed by atoms with E-state index in [2.05, 4.69) is 0 Å². The third kappa shape index (κ3) is 2.45. The van der Waals surface area contributed by atoms with Crippen molar-refractivity contribution in [3.8, 4) is 5.75 Å². The maximum atomic E-state index is 13.3. The topological polar surface area (TPSA) is 49.8 Å². The number of benzene rings is 1. The van der Waals surface area contributed by atoms with Gasteiger partial charge in [-0.15, -0.1) is 0 Å². The first-order chi connectivity index (χ1) is 8.61. The second kappa shape index (κ2) is 5.08. The molecule has 0 saturated carbocycles. The highest BCUT2D eigenvalue weighted by molar-refractivity contribution is 5.71. The van der Waals surface area contributed by atoms with Crippen LogP contribution in [0.2, 0.25) is 0 Å². The van der Waals surface area contributed by atoms with Crippen LogP contribution in [-0.4, -0.2) is 36.3 Å². The number of hydrogen-bond acceptors (Lipinski definition) is 2. The molecule has 0 bridgehead atoms. The number of rotatable bonds is 2. The summed E-state index contributed by atoms with van der Waals surface area (Å²) in [5.41, 5.74) is 1.89. The van der Waals surface area contributed by atoms with E-state index < -0.39 is 11.9 Å². The lowest BCUT2D eigenvalue weighted by molar-refractivity contribution is 0.150. The van der Waals surface area contributed by atoms with Crippen molar-refractivity contribution in [2.24, 2.45) is 0 Å². The second-order valence-corrected chi connectivity index (χ2v) is 4.06. The van der Waals surface area contributed by atoms with Crippen LogP contribution in [0.25, 0.3) is 5.57 Å². The van der Waals surface area contributed by atoms with Crippen molar-refractivity contribution in [2.45, 2.75) is 6.42 Å². The van der Waals surface area contributed by atoms with Crippen LogP contribution >= 0.6 is 0 Å². The van der Waals surface area contributed by atoms with Crippen LogP contribution < -0.4 is 4.74 Å². The van der Waals surface area contributed by atoms with Crippen LogP contribution in [0.5, 0.6) is 5.75 Å². The van der Waals surface area contributed by atoms with Gasteiger partial charge in [-0.3, -0.25) is 0 Å². The molecule has 0 saturated heterocycles. The minimum Gasteiger partial charge on any atom is -0.494 e. The molecule has 1 aromatic rings. The van der Waals surface area contributed by atoms with Gasteiger partial charge in [-0.1, -0.05) is 12.1 Å². The molecule has 1 aliphatic heterocycles. The van der Waals surface area contributed by atoms with E-state index in [0.717, 1.165) is 11.1 Å². The van der Waals surface area contributed by atoms with Gasteiger partial charge in [0.15, 0.2) is 11.6 Å². The second-order valence-electron chi connectivity index (χ2n) is 4.06. The van der Waals surface area contributed by atoms with E-state index >= 15 is 0 Å². The van der Waals surface area contributed by atoms with Crippen LogP contribution in [0.1, 0.15) is 12.0 Å². The lowest BCUT2D eigenvalue weighted by Crippen LogP contribution is -2.33. The van der Waals surface area contributed by atoms with Crippen LogP contribution in [0.3, 0.4) is 0 Å². The standard InChI is InChI=1S/C13H14FNO3/c1-18-12-8-10(2-3-11(12)14)9-4-6-15(7-5-9)13(16)17/h2-4,8H,5-7H2,1H3,(H,16,17). The summed E-state index contributed by atoms with van der Waals surface area (Å²) in [6.07, 6.45) is 1.56. The molecule has 1 aromatic carbocycles. The smallest absolute Gasteiger partial charge is 0.407 e. The highest BCUT2D eigenvalue weighted by Gasteiger charge is 2.17. The molecular formula is C13H14FNO3. The molecule has 0 aromatic heterocycles. The Labute approximate surface area is 104 Å². The Hall–Kier alpha value is -2.04. The van der Waals surface area contributed by atoms with E-state index in [1.807, 2.05) is 6.08 Å². The van der Waals surface area contributed by atoms with Gasteiger partial charge in [0, 0.05) is 13.1 Å². The molecular weight excluding hydrogens is 237 g/mol. The lowest BCUT2D eigenvalue weighted by atomic mass is 9.99. The zero-order valence-corrected chi connectivity index (χ0v) is 10.0. The minimum atomic E-state index is -0.915. The van der Waals surface area contributed by atoms with Crippen molar-refractivity contribution in [1.29, 1.82) is 0 Å². The Bertz CT molecular complexity index is 499. The van der Waals surface area contributed by atoms with Crippen LogP contribution in [-0.2, 0) is 0 Å². The Morgan fingerprint density at radius 2 is 2.28 bits per heavy atom. The normalized spacial score (nSPS) is 15.2. The van der Waals surface area contributed by atoms with Crippen LogP contribution in [0, 0.1) is 5.82 Å². The molecule has 0 aliphatic carbocycles. The molecule has 18 heavy (non-hydrogen) atoms. The maximum absolute atomic E-state index is 13.3. The molecule has 0 fully saturated rings. The van der Waals surface area contributed by atoms with Gasteiger partial charge in [0.25, 0.3) is 0 Å². The van der Waals surface area contributed by atoms with Gasteiger partial charge < -0.3 is 14.7 Å². The molecule has 1 N–H and O–H groups in total.